The van der Waals surface area contributed by atoms with Crippen LogP contribution in [0.5, 0.6) is 0 Å². The van der Waals surface area contributed by atoms with E-state index in [0.717, 1.165) is 4.31 Å². The van der Waals surface area contributed by atoms with E-state index in [9.17, 15) is 18.0 Å². The lowest BCUT2D eigenvalue weighted by Gasteiger charge is -2.33. The molecule has 156 valence electrons. The molecule has 1 heterocycles. The predicted molar refractivity (Wildman–Crippen MR) is 104 cm³/mol. The molecule has 0 aliphatic carbocycles. The van der Waals surface area contributed by atoms with Gasteiger partial charge in [0.25, 0.3) is 0 Å². The number of hydrogen-bond donors (Lipinski definition) is 0. The number of nitrogens with zero attached hydrogens (tertiary/aromatic N) is 2. The summed E-state index contributed by atoms with van der Waals surface area (Å²) in [4.78, 5) is 26.1. The summed E-state index contributed by atoms with van der Waals surface area (Å²) in [6.45, 7) is 6.34. The highest BCUT2D eigenvalue weighted by Crippen LogP contribution is 2.20. The fourth-order valence-corrected chi connectivity index (χ4v) is 3.58. The third kappa shape index (κ3) is 5.68. The molecule has 9 heteroatoms. The molecule has 1 fully saturated rings. The summed E-state index contributed by atoms with van der Waals surface area (Å²) in [5, 5.41) is 0. The standard InChI is InChI=1S/C19H28N2O6S/c1-19(2,3)27-18(23)21-12-10-15(11-13-21)26-17(22)14-6-8-16(9-7-14)28(24,25)20(4)5/h6-9,15H,10-13H2,1-5H3. The Morgan fingerprint density at radius 2 is 1.61 bits per heavy atom. The maximum absolute atomic E-state index is 12.3. The van der Waals surface area contributed by atoms with Crippen LogP contribution < -0.4 is 0 Å². The molecule has 0 unspecified atom stereocenters. The van der Waals surface area contributed by atoms with Gasteiger partial charge in [-0.25, -0.2) is 22.3 Å². The van der Waals surface area contributed by atoms with Gasteiger partial charge in [0.15, 0.2) is 0 Å². The number of amides is 1. The third-order valence-corrected chi connectivity index (χ3v) is 6.07. The molecule has 0 atom stereocenters. The minimum Gasteiger partial charge on any atom is -0.459 e. The molecule has 0 saturated carbocycles. The van der Waals surface area contributed by atoms with Crippen molar-refractivity contribution in [2.45, 2.75) is 50.2 Å². The number of likely N-dealkylation sites (tertiary alicyclic amines) is 1. The van der Waals surface area contributed by atoms with Crippen LogP contribution in [-0.4, -0.2) is 68.6 Å². The van der Waals surface area contributed by atoms with Crippen molar-refractivity contribution in [1.82, 2.24) is 9.21 Å². The third-order valence-electron chi connectivity index (χ3n) is 4.24. The summed E-state index contributed by atoms with van der Waals surface area (Å²) < 4.78 is 36.1. The number of esters is 1. The molecular formula is C19H28N2O6S. The van der Waals surface area contributed by atoms with Crippen molar-refractivity contribution >= 4 is 22.1 Å². The Labute approximate surface area is 166 Å². The van der Waals surface area contributed by atoms with E-state index in [4.69, 9.17) is 9.47 Å². The molecule has 0 bridgehead atoms. The molecule has 0 aromatic heterocycles. The van der Waals surface area contributed by atoms with E-state index < -0.39 is 21.6 Å². The van der Waals surface area contributed by atoms with Gasteiger partial charge in [-0.1, -0.05) is 0 Å². The van der Waals surface area contributed by atoms with Gasteiger partial charge in [0, 0.05) is 40.0 Å². The molecule has 1 saturated heterocycles. The van der Waals surface area contributed by atoms with Crippen LogP contribution in [0.4, 0.5) is 4.79 Å². The van der Waals surface area contributed by atoms with Crippen LogP contribution in [0.15, 0.2) is 29.2 Å². The van der Waals surface area contributed by atoms with Gasteiger partial charge in [0.1, 0.15) is 11.7 Å². The highest BCUT2D eigenvalue weighted by molar-refractivity contribution is 7.89. The first-order chi connectivity index (χ1) is 12.9. The number of hydrogen-bond acceptors (Lipinski definition) is 6. The first-order valence-corrected chi connectivity index (χ1v) is 10.6. The molecule has 1 aromatic carbocycles. The lowest BCUT2D eigenvalue weighted by molar-refractivity contribution is -0.00341. The highest BCUT2D eigenvalue weighted by atomic mass is 32.2. The minimum absolute atomic E-state index is 0.111. The average Bonchev–Trinajstić information content (AvgIpc) is 2.60. The monoisotopic (exact) mass is 412 g/mol. The summed E-state index contributed by atoms with van der Waals surface area (Å²) in [5.74, 6) is -0.510. The second kappa shape index (κ2) is 8.48. The average molecular weight is 413 g/mol. The van der Waals surface area contributed by atoms with E-state index in [1.807, 2.05) is 20.8 Å². The van der Waals surface area contributed by atoms with Gasteiger partial charge in [-0.15, -0.1) is 0 Å². The van der Waals surface area contributed by atoms with Crippen molar-refractivity contribution in [3.05, 3.63) is 29.8 Å². The van der Waals surface area contributed by atoms with Gasteiger partial charge in [0.2, 0.25) is 10.0 Å². The van der Waals surface area contributed by atoms with Crippen molar-refractivity contribution in [2.75, 3.05) is 27.2 Å². The molecule has 28 heavy (non-hydrogen) atoms. The van der Waals surface area contributed by atoms with Gasteiger partial charge in [0.05, 0.1) is 10.5 Å². The number of ether oxygens (including phenoxy) is 2. The summed E-state index contributed by atoms with van der Waals surface area (Å²) in [5.41, 5.74) is -0.264. The number of carbonyl (C=O) groups excluding carboxylic acids is 2. The van der Waals surface area contributed by atoms with Crippen molar-refractivity contribution in [3.63, 3.8) is 0 Å². The van der Waals surface area contributed by atoms with E-state index in [0.29, 0.717) is 25.9 Å². The SMILES string of the molecule is CN(C)S(=O)(=O)c1ccc(C(=O)OC2CCN(C(=O)OC(C)(C)C)CC2)cc1. The van der Waals surface area contributed by atoms with Gasteiger partial charge < -0.3 is 14.4 Å². The van der Waals surface area contributed by atoms with Crippen molar-refractivity contribution < 1.29 is 27.5 Å². The zero-order chi connectivity index (χ0) is 21.1. The number of sulfonamides is 1. The first-order valence-electron chi connectivity index (χ1n) is 9.11. The Kier molecular flexibility index (Phi) is 6.71. The fourth-order valence-electron chi connectivity index (χ4n) is 2.68. The first kappa shape index (κ1) is 22.2. The molecule has 2 rings (SSSR count). The van der Waals surface area contributed by atoms with Crippen LogP contribution >= 0.6 is 0 Å². The largest absolute Gasteiger partial charge is 0.459 e. The molecule has 8 nitrogen and oxygen atoms in total. The van der Waals surface area contributed by atoms with E-state index >= 15 is 0 Å². The normalized spacial score (nSPS) is 16.1. The topological polar surface area (TPSA) is 93.2 Å². The van der Waals surface area contributed by atoms with Crippen LogP contribution in [0.1, 0.15) is 44.0 Å². The Morgan fingerprint density at radius 1 is 1.07 bits per heavy atom. The van der Waals surface area contributed by atoms with Crippen molar-refractivity contribution in [2.24, 2.45) is 0 Å². The molecular weight excluding hydrogens is 384 g/mol. The fraction of sp³-hybridized carbons (Fsp3) is 0.579. The molecule has 0 radical (unpaired) electrons. The van der Waals surface area contributed by atoms with Crippen LogP contribution in [0.3, 0.4) is 0 Å². The van der Waals surface area contributed by atoms with Crippen LogP contribution in [0.2, 0.25) is 0 Å². The Balaban J connectivity index is 1.90. The quantitative estimate of drug-likeness (QED) is 0.706. The van der Waals surface area contributed by atoms with Crippen LogP contribution in [0, 0.1) is 0 Å². The van der Waals surface area contributed by atoms with Gasteiger partial charge in [-0.2, -0.15) is 0 Å². The van der Waals surface area contributed by atoms with Gasteiger partial charge in [-0.05, 0) is 45.0 Å². The van der Waals surface area contributed by atoms with E-state index in [2.05, 4.69) is 0 Å². The predicted octanol–water partition coefficient (Wildman–Crippen LogP) is 2.49. The molecule has 1 aromatic rings. The summed E-state index contributed by atoms with van der Waals surface area (Å²) in [7, 11) is -0.651. The van der Waals surface area contributed by atoms with Gasteiger partial charge >= 0.3 is 12.1 Å². The maximum atomic E-state index is 12.3. The maximum Gasteiger partial charge on any atom is 0.410 e. The lowest BCUT2D eigenvalue weighted by Crippen LogP contribution is -2.43. The Bertz CT molecular complexity index is 804. The van der Waals surface area contributed by atoms with E-state index in [1.165, 1.54) is 38.4 Å². The second-order valence-corrected chi connectivity index (χ2v) is 10.0. The molecule has 1 aliphatic heterocycles. The Hall–Kier alpha value is -2.13. The van der Waals surface area contributed by atoms with Crippen LogP contribution in [0.25, 0.3) is 0 Å². The molecule has 1 amide bonds. The molecule has 0 spiro atoms. The van der Waals surface area contributed by atoms with E-state index in [-0.39, 0.29) is 22.7 Å². The molecule has 0 N–H and O–H groups in total. The zero-order valence-electron chi connectivity index (χ0n) is 17.0. The molecule has 1 aliphatic rings. The second-order valence-electron chi connectivity index (χ2n) is 7.88. The van der Waals surface area contributed by atoms with Crippen molar-refractivity contribution in [3.8, 4) is 0 Å². The summed E-state index contributed by atoms with van der Waals surface area (Å²) in [6, 6.07) is 5.65. The van der Waals surface area contributed by atoms with E-state index in [1.54, 1.807) is 4.90 Å². The zero-order valence-corrected chi connectivity index (χ0v) is 17.8. The minimum atomic E-state index is -3.54. The number of carbonyl (C=O) groups is 2. The lowest BCUT2D eigenvalue weighted by atomic mass is 10.1. The number of benzene rings is 1. The summed E-state index contributed by atoms with van der Waals surface area (Å²) in [6.07, 6.45) is 0.391. The van der Waals surface area contributed by atoms with Crippen LogP contribution in [-0.2, 0) is 19.5 Å². The highest BCUT2D eigenvalue weighted by Gasteiger charge is 2.28. The van der Waals surface area contributed by atoms with Gasteiger partial charge in [-0.3, -0.25) is 0 Å². The smallest absolute Gasteiger partial charge is 0.410 e. The summed E-state index contributed by atoms with van der Waals surface area (Å²) >= 11 is 0. The number of rotatable bonds is 4. The van der Waals surface area contributed by atoms with Crippen molar-refractivity contribution in [1.29, 1.82) is 0 Å². The Morgan fingerprint density at radius 3 is 2.07 bits per heavy atom. The number of piperidine rings is 1.